The first kappa shape index (κ1) is 17.3. The third-order valence-electron chi connectivity index (χ3n) is 1.51. The molecule has 0 heterocycles. The SMILES string of the molecule is OCCSCC[S+](CCO)CCO.[Cl-]. The van der Waals surface area contributed by atoms with Crippen LogP contribution in [0, 0.1) is 0 Å². The monoisotopic (exact) mass is 262 g/mol. The van der Waals surface area contributed by atoms with E-state index in [2.05, 4.69) is 0 Å². The summed E-state index contributed by atoms with van der Waals surface area (Å²) in [7, 11) is 0.170. The molecule has 0 amide bonds. The van der Waals surface area contributed by atoms with E-state index in [0.717, 1.165) is 28.8 Å². The van der Waals surface area contributed by atoms with Gasteiger partial charge in [0.25, 0.3) is 0 Å². The van der Waals surface area contributed by atoms with Gasteiger partial charge in [-0.15, -0.1) is 0 Å². The standard InChI is InChI=1S/C8H19O3S2.ClH/c9-1-4-12-5-8-13(6-2-10)7-3-11;/h9-11H,1-8H2;1H/q+1;/p-1. The highest BCUT2D eigenvalue weighted by Gasteiger charge is 2.15. The second-order valence-corrected chi connectivity index (χ2v) is 6.18. The van der Waals surface area contributed by atoms with E-state index in [1.54, 1.807) is 11.8 Å². The quantitative estimate of drug-likeness (QED) is 0.296. The van der Waals surface area contributed by atoms with Crippen LogP contribution in [0.25, 0.3) is 0 Å². The fourth-order valence-corrected chi connectivity index (χ4v) is 3.78. The lowest BCUT2D eigenvalue weighted by Crippen LogP contribution is -3.00. The average Bonchev–Trinajstić information content (AvgIpc) is 2.13. The zero-order valence-corrected chi connectivity index (χ0v) is 10.6. The molecule has 0 aromatic carbocycles. The Labute approximate surface area is 99.0 Å². The summed E-state index contributed by atoms with van der Waals surface area (Å²) >= 11 is 1.73. The molecule has 0 saturated heterocycles. The first-order valence-corrected chi connectivity index (χ1v) is 7.28. The number of thioether (sulfide) groups is 1. The molecule has 0 rings (SSSR count). The summed E-state index contributed by atoms with van der Waals surface area (Å²) in [5.41, 5.74) is 0. The maximum Gasteiger partial charge on any atom is 0.131 e. The van der Waals surface area contributed by atoms with Gasteiger partial charge in [-0.25, -0.2) is 0 Å². The molecule has 0 aromatic heterocycles. The van der Waals surface area contributed by atoms with E-state index in [0.29, 0.717) is 0 Å². The molecule has 14 heavy (non-hydrogen) atoms. The van der Waals surface area contributed by atoms with Crippen molar-refractivity contribution >= 4 is 22.7 Å². The van der Waals surface area contributed by atoms with Crippen LogP contribution in [0.3, 0.4) is 0 Å². The van der Waals surface area contributed by atoms with E-state index >= 15 is 0 Å². The van der Waals surface area contributed by atoms with Crippen molar-refractivity contribution in [2.75, 3.05) is 48.6 Å². The van der Waals surface area contributed by atoms with Gasteiger partial charge in [0.2, 0.25) is 0 Å². The van der Waals surface area contributed by atoms with Gasteiger partial charge >= 0.3 is 0 Å². The predicted molar refractivity (Wildman–Crippen MR) is 60.5 cm³/mol. The molecule has 3 nitrogen and oxygen atoms in total. The van der Waals surface area contributed by atoms with Crippen molar-refractivity contribution < 1.29 is 27.7 Å². The summed E-state index contributed by atoms with van der Waals surface area (Å²) in [5, 5.41) is 26.0. The van der Waals surface area contributed by atoms with E-state index in [1.807, 2.05) is 0 Å². The van der Waals surface area contributed by atoms with E-state index < -0.39 is 0 Å². The van der Waals surface area contributed by atoms with Crippen LogP contribution in [0.15, 0.2) is 0 Å². The maximum absolute atomic E-state index is 8.74. The smallest absolute Gasteiger partial charge is 0.131 e. The minimum atomic E-state index is 0. The van der Waals surface area contributed by atoms with E-state index in [1.165, 1.54) is 0 Å². The molecule has 0 unspecified atom stereocenters. The molecule has 0 aliphatic rings. The third-order valence-corrected chi connectivity index (χ3v) is 5.04. The summed E-state index contributed by atoms with van der Waals surface area (Å²) < 4.78 is 0. The Morgan fingerprint density at radius 2 is 1.36 bits per heavy atom. The highest BCUT2D eigenvalue weighted by Crippen LogP contribution is 2.04. The van der Waals surface area contributed by atoms with Gasteiger partial charge < -0.3 is 27.7 Å². The van der Waals surface area contributed by atoms with Crippen LogP contribution in [-0.2, 0) is 10.9 Å². The number of rotatable bonds is 9. The van der Waals surface area contributed by atoms with Gasteiger partial charge in [0.1, 0.15) is 17.3 Å². The van der Waals surface area contributed by atoms with Gasteiger partial charge in [-0.2, -0.15) is 11.8 Å². The Balaban J connectivity index is 0. The fourth-order valence-electron chi connectivity index (χ4n) is 0.908. The molecule has 0 aliphatic carbocycles. The summed E-state index contributed by atoms with van der Waals surface area (Å²) in [6.45, 7) is 0.667. The van der Waals surface area contributed by atoms with Gasteiger partial charge in [-0.05, 0) is 10.9 Å². The highest BCUT2D eigenvalue weighted by atomic mass is 35.5. The summed E-state index contributed by atoms with van der Waals surface area (Å²) in [6.07, 6.45) is 0. The van der Waals surface area contributed by atoms with E-state index in [-0.39, 0.29) is 43.1 Å². The Kier molecular flexibility index (Phi) is 17.1. The van der Waals surface area contributed by atoms with Crippen LogP contribution in [0.1, 0.15) is 0 Å². The van der Waals surface area contributed by atoms with Crippen LogP contribution < -0.4 is 12.4 Å². The average molecular weight is 263 g/mol. The minimum Gasteiger partial charge on any atom is -1.00 e. The molecule has 6 heteroatoms. The van der Waals surface area contributed by atoms with Crippen molar-refractivity contribution in [3.05, 3.63) is 0 Å². The molecule has 0 bridgehead atoms. The Morgan fingerprint density at radius 1 is 0.786 bits per heavy atom. The number of hydrogen-bond acceptors (Lipinski definition) is 4. The molecule has 0 aromatic rings. The van der Waals surface area contributed by atoms with Crippen molar-refractivity contribution in [1.29, 1.82) is 0 Å². The lowest BCUT2D eigenvalue weighted by molar-refractivity contribution is -0.00000611. The van der Waals surface area contributed by atoms with Crippen LogP contribution in [-0.4, -0.2) is 63.9 Å². The number of halogens is 1. The molecular formula is C8H19ClO3S2. The zero-order chi connectivity index (χ0) is 9.94. The first-order valence-electron chi connectivity index (χ1n) is 4.39. The third kappa shape index (κ3) is 10.9. The lowest BCUT2D eigenvalue weighted by Gasteiger charge is -2.05. The Bertz CT molecular complexity index is 103. The fraction of sp³-hybridized carbons (Fsp3) is 1.00. The van der Waals surface area contributed by atoms with Gasteiger partial charge in [0.15, 0.2) is 0 Å². The van der Waals surface area contributed by atoms with E-state index in [4.69, 9.17) is 15.3 Å². The largest absolute Gasteiger partial charge is 1.00 e. The second-order valence-electron chi connectivity index (χ2n) is 2.51. The molecule has 0 atom stereocenters. The van der Waals surface area contributed by atoms with Crippen molar-refractivity contribution in [2.45, 2.75) is 0 Å². The maximum atomic E-state index is 8.74. The van der Waals surface area contributed by atoms with Gasteiger partial charge in [0.05, 0.1) is 19.8 Å². The minimum absolute atomic E-state index is 0. The molecule has 0 fully saturated rings. The normalized spacial score (nSPS) is 10.3. The zero-order valence-electron chi connectivity index (χ0n) is 8.19. The predicted octanol–water partition coefficient (Wildman–Crippen LogP) is -3.68. The van der Waals surface area contributed by atoms with Gasteiger partial charge in [0, 0.05) is 11.5 Å². The highest BCUT2D eigenvalue weighted by molar-refractivity contribution is 8.01. The summed E-state index contributed by atoms with van der Waals surface area (Å²) in [5.74, 6) is 4.46. The molecular weight excluding hydrogens is 244 g/mol. The Hall–Kier alpha value is 0.870. The molecule has 3 N–H and O–H groups in total. The van der Waals surface area contributed by atoms with Crippen molar-refractivity contribution in [1.82, 2.24) is 0 Å². The van der Waals surface area contributed by atoms with Gasteiger partial charge in [-0.1, -0.05) is 0 Å². The molecule has 88 valence electrons. The first-order chi connectivity index (χ1) is 6.35. The number of aliphatic hydroxyl groups is 3. The van der Waals surface area contributed by atoms with Crippen molar-refractivity contribution in [2.24, 2.45) is 0 Å². The summed E-state index contributed by atoms with van der Waals surface area (Å²) in [6, 6.07) is 0. The van der Waals surface area contributed by atoms with Crippen molar-refractivity contribution in [3.63, 3.8) is 0 Å². The Morgan fingerprint density at radius 3 is 1.79 bits per heavy atom. The van der Waals surface area contributed by atoms with Gasteiger partial charge in [-0.3, -0.25) is 0 Å². The molecule has 0 spiro atoms. The van der Waals surface area contributed by atoms with Crippen LogP contribution >= 0.6 is 11.8 Å². The van der Waals surface area contributed by atoms with E-state index in [9.17, 15) is 0 Å². The second kappa shape index (κ2) is 13.9. The number of hydrogen-bond donors (Lipinski definition) is 3. The molecule has 0 saturated carbocycles. The lowest BCUT2D eigenvalue weighted by atomic mass is 10.9. The summed E-state index contributed by atoms with van der Waals surface area (Å²) in [4.78, 5) is 0. The van der Waals surface area contributed by atoms with Crippen molar-refractivity contribution in [3.8, 4) is 0 Å². The van der Waals surface area contributed by atoms with Crippen LogP contribution in [0.4, 0.5) is 0 Å². The van der Waals surface area contributed by atoms with Crippen LogP contribution in [0.2, 0.25) is 0 Å². The van der Waals surface area contributed by atoms with Crippen LogP contribution in [0.5, 0.6) is 0 Å². The molecule has 0 aliphatic heterocycles. The topological polar surface area (TPSA) is 60.7 Å². The number of aliphatic hydroxyl groups excluding tert-OH is 3. The molecule has 0 radical (unpaired) electrons.